The third-order valence-electron chi connectivity index (χ3n) is 3.66. The number of rotatable bonds is 6. The molecule has 0 aromatic heterocycles. The lowest BCUT2D eigenvalue weighted by Gasteiger charge is -2.26. The molecule has 0 aliphatic rings. The van der Waals surface area contributed by atoms with Crippen molar-refractivity contribution in [3.8, 4) is 5.75 Å². The fourth-order valence-corrected chi connectivity index (χ4v) is 2.25. The van der Waals surface area contributed by atoms with Crippen molar-refractivity contribution < 1.29 is 14.6 Å². The zero-order chi connectivity index (χ0) is 15.3. The molecule has 0 fully saturated rings. The van der Waals surface area contributed by atoms with Gasteiger partial charge in [0.25, 0.3) is 0 Å². The lowest BCUT2D eigenvalue weighted by molar-refractivity contribution is -0.137. The number of hydrogen-bond acceptors (Lipinski definition) is 2. The Morgan fingerprint density at radius 3 is 2.14 bits per heavy atom. The minimum Gasteiger partial charge on any atom is -0.493 e. The molecule has 1 N–H and O–H groups in total. The van der Waals surface area contributed by atoms with Crippen LogP contribution in [0.2, 0.25) is 0 Å². The molecular weight excluding hydrogens is 264 g/mol. The summed E-state index contributed by atoms with van der Waals surface area (Å²) in [5, 5.41) is 8.59. The van der Waals surface area contributed by atoms with E-state index in [1.165, 1.54) is 11.1 Å². The van der Waals surface area contributed by atoms with Gasteiger partial charge in [0.2, 0.25) is 0 Å². The van der Waals surface area contributed by atoms with Crippen LogP contribution >= 0.6 is 0 Å². The summed E-state index contributed by atoms with van der Waals surface area (Å²) in [7, 11) is 0. The Kier molecular flexibility index (Phi) is 4.63. The van der Waals surface area contributed by atoms with Gasteiger partial charge in [-0.15, -0.1) is 0 Å². The second kappa shape index (κ2) is 6.44. The zero-order valence-corrected chi connectivity index (χ0v) is 12.4. The number of carboxylic acid groups (broad SMARTS) is 1. The van der Waals surface area contributed by atoms with Gasteiger partial charge in [-0.25, -0.2) is 0 Å². The molecule has 2 aromatic carbocycles. The predicted octanol–water partition coefficient (Wildman–Crippen LogP) is 3.87. The van der Waals surface area contributed by atoms with Crippen molar-refractivity contribution in [2.75, 3.05) is 6.61 Å². The molecule has 3 heteroatoms. The van der Waals surface area contributed by atoms with Gasteiger partial charge in [-0.1, -0.05) is 56.3 Å². The molecule has 0 aliphatic carbocycles. The maximum Gasteiger partial charge on any atom is 0.306 e. The number of hydrogen-bond donors (Lipinski definition) is 1. The van der Waals surface area contributed by atoms with Crippen LogP contribution in [0.5, 0.6) is 5.75 Å². The molecular formula is C18H20O3. The topological polar surface area (TPSA) is 46.5 Å². The van der Waals surface area contributed by atoms with Gasteiger partial charge in [0.1, 0.15) is 5.75 Å². The molecule has 0 heterocycles. The smallest absolute Gasteiger partial charge is 0.306 e. The van der Waals surface area contributed by atoms with E-state index in [4.69, 9.17) is 9.84 Å². The molecule has 0 unspecified atom stereocenters. The van der Waals surface area contributed by atoms with Crippen LogP contribution in [0.15, 0.2) is 54.6 Å². The molecule has 3 nitrogen and oxygen atoms in total. The number of ether oxygens (including phenoxy) is 1. The quantitative estimate of drug-likeness (QED) is 0.876. The van der Waals surface area contributed by atoms with Crippen molar-refractivity contribution in [1.82, 2.24) is 0 Å². The average molecular weight is 284 g/mol. The highest BCUT2D eigenvalue weighted by Gasteiger charge is 2.22. The summed E-state index contributed by atoms with van der Waals surface area (Å²) in [6.07, 6.45) is 0.0112. The highest BCUT2D eigenvalue weighted by molar-refractivity contribution is 5.66. The Morgan fingerprint density at radius 2 is 1.57 bits per heavy atom. The Balaban J connectivity index is 2.09. The molecule has 110 valence electrons. The number of carbonyl (C=O) groups is 1. The summed E-state index contributed by atoms with van der Waals surface area (Å²) < 4.78 is 5.41. The highest BCUT2D eigenvalue weighted by Crippen LogP contribution is 2.32. The van der Waals surface area contributed by atoms with E-state index in [9.17, 15) is 4.79 Å². The average Bonchev–Trinajstić information content (AvgIpc) is 2.48. The van der Waals surface area contributed by atoms with Crippen molar-refractivity contribution >= 4 is 5.97 Å². The first-order valence-corrected chi connectivity index (χ1v) is 7.01. The summed E-state index contributed by atoms with van der Waals surface area (Å²) in [5.74, 6) is -0.152. The molecule has 0 bridgehead atoms. The minimum absolute atomic E-state index is 0.0112. The fraction of sp³-hybridized carbons (Fsp3) is 0.278. The van der Waals surface area contributed by atoms with Crippen LogP contribution in [0.1, 0.15) is 31.4 Å². The van der Waals surface area contributed by atoms with Gasteiger partial charge in [0.15, 0.2) is 0 Å². The Morgan fingerprint density at radius 1 is 1.00 bits per heavy atom. The van der Waals surface area contributed by atoms with Crippen LogP contribution in [-0.4, -0.2) is 17.7 Å². The molecule has 2 rings (SSSR count). The van der Waals surface area contributed by atoms with Gasteiger partial charge in [0.05, 0.1) is 13.0 Å². The largest absolute Gasteiger partial charge is 0.493 e. The molecule has 0 saturated heterocycles. The van der Waals surface area contributed by atoms with Crippen LogP contribution in [0.3, 0.4) is 0 Å². The Hall–Kier alpha value is -2.29. The maximum atomic E-state index is 10.5. The first-order valence-electron chi connectivity index (χ1n) is 7.01. The van der Waals surface area contributed by atoms with Crippen molar-refractivity contribution in [2.45, 2.75) is 25.7 Å². The molecule has 0 atom stereocenters. The van der Waals surface area contributed by atoms with Gasteiger partial charge in [-0.05, 0) is 23.3 Å². The molecule has 0 aliphatic heterocycles. The van der Waals surface area contributed by atoms with Gasteiger partial charge in [0, 0.05) is 5.41 Å². The normalized spacial score (nSPS) is 11.1. The number of aliphatic carboxylic acids is 1. The first-order chi connectivity index (χ1) is 10.00. The minimum atomic E-state index is -0.850. The molecule has 21 heavy (non-hydrogen) atoms. The number of carboxylic acids is 1. The third-order valence-corrected chi connectivity index (χ3v) is 3.66. The van der Waals surface area contributed by atoms with E-state index in [1.807, 2.05) is 42.5 Å². The summed E-state index contributed by atoms with van der Waals surface area (Å²) >= 11 is 0. The predicted molar refractivity (Wildman–Crippen MR) is 82.8 cm³/mol. The van der Waals surface area contributed by atoms with E-state index < -0.39 is 5.97 Å². The summed E-state index contributed by atoms with van der Waals surface area (Å²) in [4.78, 5) is 10.5. The van der Waals surface area contributed by atoms with E-state index in [-0.39, 0.29) is 18.4 Å². The van der Waals surface area contributed by atoms with Crippen molar-refractivity contribution in [2.24, 2.45) is 0 Å². The Bertz CT molecular complexity index is 586. The molecule has 0 amide bonds. The zero-order valence-electron chi connectivity index (χ0n) is 12.4. The summed E-state index contributed by atoms with van der Waals surface area (Å²) in [5.41, 5.74) is 2.37. The lowest BCUT2D eigenvalue weighted by Crippen LogP contribution is -2.18. The van der Waals surface area contributed by atoms with E-state index >= 15 is 0 Å². The van der Waals surface area contributed by atoms with Crippen LogP contribution in [-0.2, 0) is 10.2 Å². The molecule has 2 aromatic rings. The van der Waals surface area contributed by atoms with Crippen molar-refractivity contribution in [3.05, 3.63) is 65.7 Å². The molecule has 0 radical (unpaired) electrons. The van der Waals surface area contributed by atoms with Crippen LogP contribution in [0.25, 0.3) is 0 Å². The maximum absolute atomic E-state index is 10.5. The van der Waals surface area contributed by atoms with E-state index in [0.29, 0.717) is 5.75 Å². The van der Waals surface area contributed by atoms with Gasteiger partial charge < -0.3 is 9.84 Å². The highest BCUT2D eigenvalue weighted by atomic mass is 16.5. The van der Waals surface area contributed by atoms with Gasteiger partial charge in [-0.3, -0.25) is 4.79 Å². The van der Waals surface area contributed by atoms with E-state index in [1.54, 1.807) is 0 Å². The van der Waals surface area contributed by atoms with Crippen LogP contribution in [0.4, 0.5) is 0 Å². The molecule has 0 saturated carbocycles. The standard InChI is InChI=1S/C18H20O3/c1-18(2,14-6-4-3-5-7-14)15-8-10-16(11-9-15)21-13-12-17(19)20/h3-11H,12-13H2,1-2H3,(H,19,20). The first kappa shape index (κ1) is 15.1. The van der Waals surface area contributed by atoms with Crippen LogP contribution < -0.4 is 4.74 Å². The van der Waals surface area contributed by atoms with Crippen LogP contribution in [0, 0.1) is 0 Å². The Labute approximate surface area is 125 Å². The summed E-state index contributed by atoms with van der Waals surface area (Å²) in [6, 6.07) is 18.2. The summed E-state index contributed by atoms with van der Waals surface area (Å²) in [6.45, 7) is 4.56. The number of benzene rings is 2. The monoisotopic (exact) mass is 284 g/mol. The second-order valence-corrected chi connectivity index (χ2v) is 5.51. The second-order valence-electron chi connectivity index (χ2n) is 5.51. The van der Waals surface area contributed by atoms with Gasteiger partial charge in [-0.2, -0.15) is 0 Å². The molecule has 0 spiro atoms. The van der Waals surface area contributed by atoms with Crippen molar-refractivity contribution in [3.63, 3.8) is 0 Å². The fourth-order valence-electron chi connectivity index (χ4n) is 2.25. The SMILES string of the molecule is CC(C)(c1ccccc1)c1ccc(OCCC(=O)O)cc1. The van der Waals surface area contributed by atoms with E-state index in [0.717, 1.165) is 0 Å². The van der Waals surface area contributed by atoms with Crippen molar-refractivity contribution in [1.29, 1.82) is 0 Å². The lowest BCUT2D eigenvalue weighted by atomic mass is 9.78. The van der Waals surface area contributed by atoms with Gasteiger partial charge >= 0.3 is 5.97 Å². The van der Waals surface area contributed by atoms with E-state index in [2.05, 4.69) is 26.0 Å². The third kappa shape index (κ3) is 3.85.